The smallest absolute Gasteiger partial charge is 0.161 e. The van der Waals surface area contributed by atoms with Gasteiger partial charge in [0.2, 0.25) is 0 Å². The molecule has 3 aromatic rings. The van der Waals surface area contributed by atoms with Crippen molar-refractivity contribution in [2.75, 3.05) is 26.1 Å². The van der Waals surface area contributed by atoms with E-state index in [1.54, 1.807) is 14.2 Å². The van der Waals surface area contributed by atoms with Crippen molar-refractivity contribution in [1.29, 1.82) is 0 Å². The maximum absolute atomic E-state index is 5.57. The van der Waals surface area contributed by atoms with E-state index in [1.807, 2.05) is 43.3 Å². The summed E-state index contributed by atoms with van der Waals surface area (Å²) in [5, 5.41) is 11.0. The molecule has 2 N–H and O–H groups in total. The van der Waals surface area contributed by atoms with Crippen molar-refractivity contribution in [2.45, 2.75) is 13.3 Å². The lowest BCUT2D eigenvalue weighted by Gasteiger charge is -2.10. The molecule has 134 valence electrons. The molecule has 0 fully saturated rings. The van der Waals surface area contributed by atoms with Crippen LogP contribution in [0, 0.1) is 0 Å². The van der Waals surface area contributed by atoms with Crippen LogP contribution in [0.2, 0.25) is 0 Å². The van der Waals surface area contributed by atoms with E-state index in [4.69, 9.17) is 14.2 Å². The van der Waals surface area contributed by atoms with Crippen LogP contribution in [-0.2, 0) is 6.42 Å². The summed E-state index contributed by atoms with van der Waals surface area (Å²) in [6.45, 7) is 2.61. The van der Waals surface area contributed by atoms with Gasteiger partial charge in [-0.05, 0) is 36.8 Å². The number of nitrogens with zero attached hydrogens (tertiary/aromatic N) is 1. The highest BCUT2D eigenvalue weighted by atomic mass is 16.5. The summed E-state index contributed by atoms with van der Waals surface area (Å²) in [6, 6.07) is 11.9. The second-order valence-electron chi connectivity index (χ2n) is 6.05. The van der Waals surface area contributed by atoms with Crippen LogP contribution >= 0.6 is 0 Å². The summed E-state index contributed by atoms with van der Waals surface area (Å²) in [7, 11) is 3.29. The number of hydrogen-bond acceptors (Lipinski definition) is 5. The lowest BCUT2D eigenvalue weighted by Crippen LogP contribution is -1.97. The Kier molecular flexibility index (Phi) is 4.16. The highest BCUT2D eigenvalue weighted by Gasteiger charge is 2.27. The normalized spacial score (nSPS) is 11.7. The molecule has 26 heavy (non-hydrogen) atoms. The van der Waals surface area contributed by atoms with Gasteiger partial charge >= 0.3 is 0 Å². The Balaban J connectivity index is 1.65. The fourth-order valence-corrected chi connectivity index (χ4v) is 3.32. The topological polar surface area (TPSA) is 68.4 Å². The van der Waals surface area contributed by atoms with Gasteiger partial charge in [0.15, 0.2) is 11.5 Å². The minimum Gasteiger partial charge on any atom is -0.494 e. The molecule has 0 aliphatic heterocycles. The van der Waals surface area contributed by atoms with Crippen molar-refractivity contribution in [3.63, 3.8) is 0 Å². The zero-order valence-corrected chi connectivity index (χ0v) is 15.1. The first-order valence-corrected chi connectivity index (χ1v) is 8.56. The van der Waals surface area contributed by atoms with E-state index in [2.05, 4.69) is 15.5 Å². The number of benzene rings is 2. The molecular weight excluding hydrogens is 330 g/mol. The molecule has 0 unspecified atom stereocenters. The van der Waals surface area contributed by atoms with E-state index in [0.29, 0.717) is 12.4 Å². The fraction of sp³-hybridized carbons (Fsp3) is 0.250. The summed E-state index contributed by atoms with van der Waals surface area (Å²) in [5.41, 5.74) is 5.29. The van der Waals surface area contributed by atoms with Crippen LogP contribution < -0.4 is 19.5 Å². The molecule has 1 aliphatic rings. The predicted molar refractivity (Wildman–Crippen MR) is 101 cm³/mol. The van der Waals surface area contributed by atoms with Gasteiger partial charge < -0.3 is 19.5 Å². The largest absolute Gasteiger partial charge is 0.494 e. The van der Waals surface area contributed by atoms with Gasteiger partial charge in [-0.2, -0.15) is 5.10 Å². The third kappa shape index (κ3) is 2.73. The van der Waals surface area contributed by atoms with E-state index >= 15 is 0 Å². The molecule has 6 nitrogen and oxygen atoms in total. The molecule has 0 bridgehead atoms. The molecular formula is C20H21N3O3. The molecule has 0 radical (unpaired) electrons. The molecule has 0 spiro atoms. The van der Waals surface area contributed by atoms with Crippen molar-refractivity contribution in [3.8, 4) is 28.5 Å². The number of aromatic amines is 1. The molecule has 0 saturated carbocycles. The number of H-pyrrole nitrogens is 1. The van der Waals surface area contributed by atoms with Crippen LogP contribution in [0.5, 0.6) is 17.2 Å². The monoisotopic (exact) mass is 351 g/mol. The number of ether oxygens (including phenoxy) is 3. The number of rotatable bonds is 6. The molecule has 0 atom stereocenters. The quantitative estimate of drug-likeness (QED) is 0.546. The van der Waals surface area contributed by atoms with Crippen LogP contribution in [0.3, 0.4) is 0 Å². The average Bonchev–Trinajstić information content (AvgIpc) is 3.20. The molecule has 0 saturated heterocycles. The average molecular weight is 351 g/mol. The van der Waals surface area contributed by atoms with Crippen molar-refractivity contribution < 1.29 is 14.2 Å². The van der Waals surface area contributed by atoms with Crippen molar-refractivity contribution in [2.24, 2.45) is 0 Å². The minimum absolute atomic E-state index is 0.641. The highest BCUT2D eigenvalue weighted by molar-refractivity contribution is 5.81. The predicted octanol–water partition coefficient (Wildman–Crippen LogP) is 4.14. The van der Waals surface area contributed by atoms with E-state index in [-0.39, 0.29) is 0 Å². The molecule has 1 heterocycles. The second-order valence-corrected chi connectivity index (χ2v) is 6.05. The summed E-state index contributed by atoms with van der Waals surface area (Å²) in [5.74, 6) is 3.18. The van der Waals surface area contributed by atoms with Crippen LogP contribution in [0.1, 0.15) is 18.1 Å². The first-order valence-electron chi connectivity index (χ1n) is 8.56. The van der Waals surface area contributed by atoms with Crippen LogP contribution in [0.25, 0.3) is 11.3 Å². The van der Waals surface area contributed by atoms with Crippen molar-refractivity contribution >= 4 is 11.5 Å². The molecule has 1 aromatic heterocycles. The SMILES string of the molecule is CCOc1cccc(Nc2[nH]nc3c2Cc2cc(OC)c(OC)cc2-3)c1. The third-order valence-electron chi connectivity index (χ3n) is 4.51. The molecule has 2 aromatic carbocycles. The maximum Gasteiger partial charge on any atom is 0.161 e. The summed E-state index contributed by atoms with van der Waals surface area (Å²) >= 11 is 0. The highest BCUT2D eigenvalue weighted by Crippen LogP contribution is 2.44. The standard InChI is InChI=1S/C20H21N3O3/c1-4-26-14-7-5-6-13(10-14)21-20-16-8-12-9-17(24-2)18(25-3)11-15(12)19(16)22-23-20/h5-7,9-11H,4,8H2,1-3H3,(H2,21,22,23). The van der Waals surface area contributed by atoms with Crippen LogP contribution in [0.15, 0.2) is 36.4 Å². The molecule has 6 heteroatoms. The number of fused-ring (bicyclic) bond motifs is 3. The molecule has 4 rings (SSSR count). The number of hydrogen-bond donors (Lipinski definition) is 2. The summed E-state index contributed by atoms with van der Waals surface area (Å²) in [6.07, 6.45) is 0.787. The van der Waals surface area contributed by atoms with Gasteiger partial charge in [-0.1, -0.05) is 6.07 Å². The lowest BCUT2D eigenvalue weighted by atomic mass is 10.1. The van der Waals surface area contributed by atoms with Crippen molar-refractivity contribution in [1.82, 2.24) is 10.2 Å². The van der Waals surface area contributed by atoms with Gasteiger partial charge in [0.05, 0.1) is 26.5 Å². The van der Waals surface area contributed by atoms with E-state index in [1.165, 1.54) is 5.56 Å². The van der Waals surface area contributed by atoms with Gasteiger partial charge in [0.25, 0.3) is 0 Å². The van der Waals surface area contributed by atoms with Gasteiger partial charge in [-0.3, -0.25) is 5.10 Å². The molecule has 0 amide bonds. The van der Waals surface area contributed by atoms with Gasteiger partial charge in [-0.15, -0.1) is 0 Å². The Morgan fingerprint density at radius 1 is 1.12 bits per heavy atom. The molecule has 1 aliphatic carbocycles. The van der Waals surface area contributed by atoms with Gasteiger partial charge in [-0.25, -0.2) is 0 Å². The maximum atomic E-state index is 5.57. The Morgan fingerprint density at radius 2 is 1.92 bits per heavy atom. The Morgan fingerprint density at radius 3 is 2.69 bits per heavy atom. The number of nitrogens with one attached hydrogen (secondary N) is 2. The first-order chi connectivity index (χ1) is 12.7. The second kappa shape index (κ2) is 6.63. The first kappa shape index (κ1) is 16.3. The minimum atomic E-state index is 0.641. The summed E-state index contributed by atoms with van der Waals surface area (Å²) in [4.78, 5) is 0. The van der Waals surface area contributed by atoms with Crippen molar-refractivity contribution in [3.05, 3.63) is 47.5 Å². The zero-order chi connectivity index (χ0) is 18.1. The zero-order valence-electron chi connectivity index (χ0n) is 15.1. The van der Waals surface area contributed by atoms with E-state index in [9.17, 15) is 0 Å². The van der Waals surface area contributed by atoms with E-state index < -0.39 is 0 Å². The summed E-state index contributed by atoms with van der Waals surface area (Å²) < 4.78 is 16.4. The van der Waals surface area contributed by atoms with Gasteiger partial charge in [0, 0.05) is 29.3 Å². The number of anilines is 2. The Labute approximate surface area is 152 Å². The van der Waals surface area contributed by atoms with E-state index in [0.717, 1.165) is 46.2 Å². The van der Waals surface area contributed by atoms with Gasteiger partial charge in [0.1, 0.15) is 11.6 Å². The third-order valence-corrected chi connectivity index (χ3v) is 4.51. The fourth-order valence-electron chi connectivity index (χ4n) is 3.32. The Hall–Kier alpha value is -3.15. The Bertz CT molecular complexity index is 949. The van der Waals surface area contributed by atoms with Crippen LogP contribution in [0.4, 0.5) is 11.5 Å². The van der Waals surface area contributed by atoms with Crippen LogP contribution in [-0.4, -0.2) is 31.0 Å². The lowest BCUT2D eigenvalue weighted by molar-refractivity contribution is 0.340. The number of methoxy groups -OCH3 is 2. The number of aromatic nitrogens is 2.